The maximum Gasteiger partial charge on any atom is 0.334 e. The quantitative estimate of drug-likeness (QED) is 0.178. The minimum atomic E-state index is -1.09. The van der Waals surface area contributed by atoms with E-state index in [1.807, 2.05) is 54.6 Å². The van der Waals surface area contributed by atoms with Gasteiger partial charge in [0.05, 0.1) is 39.1 Å². The Morgan fingerprint density at radius 3 is 1.63 bits per heavy atom. The van der Waals surface area contributed by atoms with Crippen LogP contribution in [0.15, 0.2) is 91.0 Å². The van der Waals surface area contributed by atoms with E-state index >= 15 is 0 Å². The number of ether oxygens (including phenoxy) is 5. The molecule has 1 aliphatic carbocycles. The summed E-state index contributed by atoms with van der Waals surface area (Å²) in [6, 6.07) is 30.9. The largest absolute Gasteiger partial charge is 0.467 e. The average Bonchev–Trinajstić information content (AvgIpc) is 3.20. The molecule has 7 nitrogen and oxygen atoms in total. The van der Waals surface area contributed by atoms with Crippen molar-refractivity contribution >= 4 is 5.97 Å². The maximum atomic E-state index is 12.4. The third kappa shape index (κ3) is 12.0. The zero-order valence-electron chi connectivity index (χ0n) is 30.8. The summed E-state index contributed by atoms with van der Waals surface area (Å²) >= 11 is 0. The van der Waals surface area contributed by atoms with Crippen molar-refractivity contribution in [3.63, 3.8) is 0 Å². The van der Waals surface area contributed by atoms with Crippen LogP contribution in [0.1, 0.15) is 101 Å². The molecule has 7 heteroatoms. The van der Waals surface area contributed by atoms with Gasteiger partial charge in [-0.2, -0.15) is 0 Å². The minimum Gasteiger partial charge on any atom is -0.467 e. The molecule has 0 bridgehead atoms. The molecule has 1 saturated heterocycles. The van der Waals surface area contributed by atoms with Gasteiger partial charge in [0.2, 0.25) is 0 Å². The van der Waals surface area contributed by atoms with Gasteiger partial charge in [0.15, 0.2) is 6.10 Å². The fourth-order valence-corrected chi connectivity index (χ4v) is 7.94. The second-order valence-electron chi connectivity index (χ2n) is 14.4. The topological polar surface area (TPSA) is 83.5 Å². The fraction of sp³-hybridized carbons (Fsp3) is 0.568. The number of esters is 1. The molecule has 0 aromatic heterocycles. The third-order valence-electron chi connectivity index (χ3n) is 10.8. The van der Waals surface area contributed by atoms with E-state index in [1.54, 1.807) is 0 Å². The van der Waals surface area contributed by atoms with Crippen molar-refractivity contribution in [3.8, 4) is 0 Å². The molecule has 8 atom stereocenters. The Hall–Kier alpha value is -3.07. The van der Waals surface area contributed by atoms with Crippen molar-refractivity contribution in [1.82, 2.24) is 0 Å². The number of rotatable bonds is 13. The summed E-state index contributed by atoms with van der Waals surface area (Å²) in [7, 11) is 1.36. The van der Waals surface area contributed by atoms with Gasteiger partial charge in [-0.3, -0.25) is 0 Å². The zero-order chi connectivity index (χ0) is 35.7. The van der Waals surface area contributed by atoms with E-state index in [0.717, 1.165) is 74.5 Å². The number of methoxy groups -OCH3 is 1. The second-order valence-corrected chi connectivity index (χ2v) is 14.4. The summed E-state index contributed by atoms with van der Waals surface area (Å²) in [5.74, 6) is -0.427. The number of hydrogen-bond donors (Lipinski definition) is 1. The first kappa shape index (κ1) is 39.1. The molecular weight excluding hydrogens is 640 g/mol. The normalized spacial score (nSPS) is 27.3. The summed E-state index contributed by atoms with van der Waals surface area (Å²) in [5, 5.41) is 10.9. The molecule has 0 amide bonds. The lowest BCUT2D eigenvalue weighted by Gasteiger charge is -2.48. The van der Waals surface area contributed by atoms with Crippen LogP contribution in [-0.2, 0) is 48.3 Å². The monoisotopic (exact) mass is 700 g/mol. The van der Waals surface area contributed by atoms with E-state index in [2.05, 4.69) is 43.3 Å². The lowest BCUT2D eigenvalue weighted by Crippen LogP contribution is -2.61. The highest BCUT2D eigenvalue weighted by molar-refractivity contribution is 5.74. The molecule has 0 spiro atoms. The number of aliphatic hydroxyl groups is 1. The van der Waals surface area contributed by atoms with Crippen LogP contribution in [0.25, 0.3) is 0 Å². The van der Waals surface area contributed by atoms with Gasteiger partial charge in [-0.1, -0.05) is 143 Å². The van der Waals surface area contributed by atoms with E-state index in [1.165, 1.54) is 26.4 Å². The Kier molecular flexibility index (Phi) is 16.5. The van der Waals surface area contributed by atoms with E-state index in [0.29, 0.717) is 19.8 Å². The number of hydrogen-bond acceptors (Lipinski definition) is 7. The molecule has 0 radical (unpaired) electrons. The Morgan fingerprint density at radius 2 is 1.10 bits per heavy atom. The van der Waals surface area contributed by atoms with Crippen LogP contribution < -0.4 is 0 Å². The van der Waals surface area contributed by atoms with Gasteiger partial charge in [-0.05, 0) is 60.6 Å². The number of carbonyl (C=O) groups is 1. The summed E-state index contributed by atoms with van der Waals surface area (Å²) in [6.45, 7) is 3.52. The highest BCUT2D eigenvalue weighted by Gasteiger charge is 2.49. The summed E-state index contributed by atoms with van der Waals surface area (Å²) in [5.41, 5.74) is 3.32. The Morgan fingerprint density at radius 1 is 0.647 bits per heavy atom. The zero-order valence-corrected chi connectivity index (χ0v) is 30.8. The van der Waals surface area contributed by atoms with Gasteiger partial charge in [-0.25, -0.2) is 4.79 Å². The average molecular weight is 701 g/mol. The van der Waals surface area contributed by atoms with E-state index < -0.39 is 12.1 Å². The van der Waals surface area contributed by atoms with E-state index in [-0.39, 0.29) is 42.4 Å². The van der Waals surface area contributed by atoms with E-state index in [4.69, 9.17) is 23.7 Å². The van der Waals surface area contributed by atoms with Gasteiger partial charge in [-0.15, -0.1) is 0 Å². The number of carbonyl (C=O) groups excluding carboxylic acids is 1. The van der Waals surface area contributed by atoms with Crippen LogP contribution in [0.5, 0.6) is 0 Å². The first-order chi connectivity index (χ1) is 25.1. The standard InChI is InChI=1S/C44H60O7/c1-3-38-41(48-30-33-20-11-8-12-21-33)43(50-32-35-24-15-10-16-25-35)42(49-31-34-22-13-9-14-23-34)40(51-38)37-27-18-7-5-4-6-17-26-36(28-19-29-37)39(45)44(46)47-2/h8-16,20-25,36-43,45H,3-7,17-19,26-32H2,1-2H3. The highest BCUT2D eigenvalue weighted by Crippen LogP contribution is 2.38. The summed E-state index contributed by atoms with van der Waals surface area (Å²) in [4.78, 5) is 12.4. The molecule has 5 rings (SSSR count). The molecule has 51 heavy (non-hydrogen) atoms. The second kappa shape index (κ2) is 21.5. The maximum absolute atomic E-state index is 12.4. The van der Waals surface area contributed by atoms with Crippen LogP contribution >= 0.6 is 0 Å². The summed E-state index contributed by atoms with van der Waals surface area (Å²) in [6.07, 6.45) is 9.50. The predicted octanol–water partition coefficient (Wildman–Crippen LogP) is 8.99. The van der Waals surface area contributed by atoms with Gasteiger partial charge < -0.3 is 28.8 Å². The fourth-order valence-electron chi connectivity index (χ4n) is 7.94. The smallest absolute Gasteiger partial charge is 0.334 e. The van der Waals surface area contributed by atoms with Crippen molar-refractivity contribution in [3.05, 3.63) is 108 Å². The van der Waals surface area contributed by atoms with Gasteiger partial charge in [0.1, 0.15) is 18.3 Å². The van der Waals surface area contributed by atoms with E-state index in [9.17, 15) is 9.90 Å². The van der Waals surface area contributed by atoms with Gasteiger partial charge in [0.25, 0.3) is 0 Å². The molecule has 3 aromatic rings. The highest BCUT2D eigenvalue weighted by atomic mass is 16.6. The predicted molar refractivity (Wildman–Crippen MR) is 200 cm³/mol. The molecule has 8 unspecified atom stereocenters. The van der Waals surface area contributed by atoms with Crippen molar-refractivity contribution < 1.29 is 33.6 Å². The Labute approximate surface area is 306 Å². The first-order valence-corrected chi connectivity index (χ1v) is 19.4. The van der Waals surface area contributed by atoms with Crippen LogP contribution in [0, 0.1) is 11.8 Å². The molecule has 1 aliphatic heterocycles. The van der Waals surface area contributed by atoms with Crippen LogP contribution in [0.4, 0.5) is 0 Å². The number of benzene rings is 3. The van der Waals surface area contributed by atoms with Crippen LogP contribution in [0.3, 0.4) is 0 Å². The van der Waals surface area contributed by atoms with Crippen LogP contribution in [-0.4, -0.2) is 54.8 Å². The van der Waals surface area contributed by atoms with Crippen molar-refractivity contribution in [1.29, 1.82) is 0 Å². The van der Waals surface area contributed by atoms with Crippen molar-refractivity contribution in [2.45, 2.75) is 140 Å². The minimum absolute atomic E-state index is 0.114. The molecule has 1 saturated carbocycles. The lowest BCUT2D eigenvalue weighted by molar-refractivity contribution is -0.275. The van der Waals surface area contributed by atoms with Gasteiger partial charge >= 0.3 is 5.97 Å². The molecule has 2 fully saturated rings. The Bertz CT molecular complexity index is 1370. The summed E-state index contributed by atoms with van der Waals surface area (Å²) < 4.78 is 32.9. The third-order valence-corrected chi connectivity index (χ3v) is 10.8. The Balaban J connectivity index is 1.45. The molecule has 1 N–H and O–H groups in total. The number of aliphatic hydroxyl groups excluding tert-OH is 1. The van der Waals surface area contributed by atoms with Gasteiger partial charge in [0, 0.05) is 0 Å². The molecule has 2 aliphatic rings. The van der Waals surface area contributed by atoms with Crippen LogP contribution in [0.2, 0.25) is 0 Å². The SMILES string of the molecule is CCC1OC(C2CCCCCCCCC(C(O)C(=O)OC)CCC2)C(OCc2ccccc2)C(OCc2ccccc2)C1OCc1ccccc1. The molecule has 278 valence electrons. The van der Waals surface area contributed by atoms with Crippen molar-refractivity contribution in [2.75, 3.05) is 7.11 Å². The molecular formula is C44H60O7. The van der Waals surface area contributed by atoms with Crippen molar-refractivity contribution in [2.24, 2.45) is 11.8 Å². The molecule has 1 heterocycles. The molecule has 3 aromatic carbocycles. The first-order valence-electron chi connectivity index (χ1n) is 19.4. The lowest BCUT2D eigenvalue weighted by atomic mass is 9.80.